The average molecular weight is 284 g/mol. The molecule has 1 unspecified atom stereocenters. The lowest BCUT2D eigenvalue weighted by Gasteiger charge is -2.16. The van der Waals surface area contributed by atoms with Crippen molar-refractivity contribution in [2.75, 3.05) is 6.54 Å². The third kappa shape index (κ3) is 3.96. The van der Waals surface area contributed by atoms with E-state index in [1.807, 2.05) is 6.07 Å². The second-order valence-corrected chi connectivity index (χ2v) is 4.53. The van der Waals surface area contributed by atoms with E-state index < -0.39 is 0 Å². The van der Waals surface area contributed by atoms with Crippen molar-refractivity contribution in [3.63, 3.8) is 0 Å². The molecule has 0 aliphatic carbocycles. The maximum atomic E-state index is 13.2. The van der Waals surface area contributed by atoms with Crippen LogP contribution in [0.5, 0.6) is 0 Å². The molecule has 0 radical (unpaired) electrons. The summed E-state index contributed by atoms with van der Waals surface area (Å²) in [6.07, 6.45) is 6.91. The Hall–Kier alpha value is -0.850. The quantitative estimate of drug-likeness (QED) is 0.814. The van der Waals surface area contributed by atoms with Crippen LogP contribution >= 0.6 is 15.9 Å². The molecule has 86 valence electrons. The van der Waals surface area contributed by atoms with Crippen molar-refractivity contribution in [1.82, 2.24) is 5.32 Å². The van der Waals surface area contributed by atoms with Gasteiger partial charge in [-0.3, -0.25) is 0 Å². The number of terminal acetylenes is 1. The van der Waals surface area contributed by atoms with E-state index in [0.29, 0.717) is 6.42 Å². The second kappa shape index (κ2) is 6.67. The number of benzene rings is 1. The van der Waals surface area contributed by atoms with Crippen molar-refractivity contribution in [2.24, 2.45) is 0 Å². The van der Waals surface area contributed by atoms with Gasteiger partial charge in [-0.1, -0.05) is 22.9 Å². The number of halogens is 2. The molecule has 1 N–H and O–H groups in total. The Morgan fingerprint density at radius 2 is 2.25 bits per heavy atom. The van der Waals surface area contributed by atoms with E-state index in [4.69, 9.17) is 6.42 Å². The predicted octanol–water partition coefficient (Wildman–Crippen LogP) is 3.65. The highest BCUT2D eigenvalue weighted by Crippen LogP contribution is 2.22. The minimum Gasteiger partial charge on any atom is -0.309 e. The van der Waals surface area contributed by atoms with Gasteiger partial charge in [0.05, 0.1) is 0 Å². The molecule has 0 saturated carbocycles. The Kier molecular flexibility index (Phi) is 5.51. The van der Waals surface area contributed by atoms with E-state index in [9.17, 15) is 4.39 Å². The topological polar surface area (TPSA) is 12.0 Å². The second-order valence-electron chi connectivity index (χ2n) is 3.62. The molecule has 0 bridgehead atoms. The molecule has 0 fully saturated rings. The highest BCUT2D eigenvalue weighted by Gasteiger charge is 2.10. The van der Waals surface area contributed by atoms with Crippen LogP contribution in [-0.4, -0.2) is 6.54 Å². The van der Waals surface area contributed by atoms with Gasteiger partial charge in [-0.2, -0.15) is 0 Å². The normalized spacial score (nSPS) is 12.1. The number of rotatable bonds is 5. The Bertz CT molecular complexity index is 364. The molecule has 1 atom stereocenters. The SMILES string of the molecule is C#CCC(NCCC)c1cc(F)cc(Br)c1. The lowest BCUT2D eigenvalue weighted by atomic mass is 10.0. The van der Waals surface area contributed by atoms with Crippen molar-refractivity contribution >= 4 is 15.9 Å². The zero-order valence-corrected chi connectivity index (χ0v) is 10.8. The molecule has 0 spiro atoms. The molecule has 0 aromatic heterocycles. The maximum Gasteiger partial charge on any atom is 0.124 e. The van der Waals surface area contributed by atoms with E-state index in [2.05, 4.69) is 34.1 Å². The number of nitrogens with one attached hydrogen (secondary N) is 1. The lowest BCUT2D eigenvalue weighted by Crippen LogP contribution is -2.21. The molecule has 0 saturated heterocycles. The summed E-state index contributed by atoms with van der Waals surface area (Å²) < 4.78 is 14.0. The predicted molar refractivity (Wildman–Crippen MR) is 68.6 cm³/mol. The van der Waals surface area contributed by atoms with Crippen molar-refractivity contribution in [3.05, 3.63) is 34.1 Å². The van der Waals surface area contributed by atoms with Crippen molar-refractivity contribution in [2.45, 2.75) is 25.8 Å². The van der Waals surface area contributed by atoms with Gasteiger partial charge in [-0.25, -0.2) is 4.39 Å². The van der Waals surface area contributed by atoms with Crippen LogP contribution in [-0.2, 0) is 0 Å². The lowest BCUT2D eigenvalue weighted by molar-refractivity contribution is 0.536. The first kappa shape index (κ1) is 13.2. The van der Waals surface area contributed by atoms with Gasteiger partial charge >= 0.3 is 0 Å². The van der Waals surface area contributed by atoms with Gasteiger partial charge in [0, 0.05) is 16.9 Å². The fraction of sp³-hybridized carbons (Fsp3) is 0.385. The molecular formula is C13H15BrFN. The van der Waals surface area contributed by atoms with Crippen LogP contribution in [0.3, 0.4) is 0 Å². The summed E-state index contributed by atoms with van der Waals surface area (Å²) in [7, 11) is 0. The monoisotopic (exact) mass is 283 g/mol. The Morgan fingerprint density at radius 3 is 2.81 bits per heavy atom. The van der Waals surface area contributed by atoms with Crippen LogP contribution in [0, 0.1) is 18.2 Å². The molecule has 1 nitrogen and oxygen atoms in total. The molecule has 0 aliphatic heterocycles. The number of hydrogen-bond acceptors (Lipinski definition) is 1. The standard InChI is InChI=1S/C13H15BrFN/c1-3-5-13(16-6-4-2)10-7-11(14)9-12(15)8-10/h1,7-9,13,16H,4-6H2,2H3. The smallest absolute Gasteiger partial charge is 0.124 e. The summed E-state index contributed by atoms with van der Waals surface area (Å²) in [5.41, 5.74) is 0.887. The third-order valence-corrected chi connectivity index (χ3v) is 2.71. The van der Waals surface area contributed by atoms with Crippen molar-refractivity contribution in [1.29, 1.82) is 0 Å². The fourth-order valence-corrected chi connectivity index (χ4v) is 2.00. The molecule has 16 heavy (non-hydrogen) atoms. The first-order valence-corrected chi connectivity index (χ1v) is 6.09. The summed E-state index contributed by atoms with van der Waals surface area (Å²) >= 11 is 3.28. The average Bonchev–Trinajstić information content (AvgIpc) is 2.22. The molecule has 0 aliphatic rings. The molecule has 1 rings (SSSR count). The molecule has 0 amide bonds. The van der Waals surface area contributed by atoms with Crippen LogP contribution in [0.25, 0.3) is 0 Å². The Morgan fingerprint density at radius 1 is 1.50 bits per heavy atom. The van der Waals surface area contributed by atoms with Gasteiger partial charge < -0.3 is 5.32 Å². The van der Waals surface area contributed by atoms with Crippen LogP contribution in [0.4, 0.5) is 4.39 Å². The summed E-state index contributed by atoms with van der Waals surface area (Å²) in [5, 5.41) is 3.31. The zero-order valence-electron chi connectivity index (χ0n) is 9.26. The van der Waals surface area contributed by atoms with Crippen molar-refractivity contribution in [3.8, 4) is 12.3 Å². The summed E-state index contributed by atoms with van der Waals surface area (Å²) in [4.78, 5) is 0. The van der Waals surface area contributed by atoms with Crippen LogP contribution in [0.1, 0.15) is 31.4 Å². The van der Waals surface area contributed by atoms with Gasteiger partial charge in [-0.05, 0) is 36.7 Å². The zero-order chi connectivity index (χ0) is 12.0. The van der Waals surface area contributed by atoms with E-state index in [0.717, 1.165) is 23.0 Å². The molecule has 0 heterocycles. The minimum absolute atomic E-state index is 0.0250. The summed E-state index contributed by atoms with van der Waals surface area (Å²) in [6, 6.07) is 4.89. The number of hydrogen-bond donors (Lipinski definition) is 1. The van der Waals surface area contributed by atoms with E-state index >= 15 is 0 Å². The van der Waals surface area contributed by atoms with Crippen molar-refractivity contribution < 1.29 is 4.39 Å². The van der Waals surface area contributed by atoms with Gasteiger partial charge in [0.15, 0.2) is 0 Å². The highest BCUT2D eigenvalue weighted by atomic mass is 79.9. The fourth-order valence-electron chi connectivity index (χ4n) is 1.52. The van der Waals surface area contributed by atoms with Crippen LogP contribution < -0.4 is 5.32 Å². The van der Waals surface area contributed by atoms with E-state index in [-0.39, 0.29) is 11.9 Å². The van der Waals surface area contributed by atoms with Gasteiger partial charge in [-0.15, -0.1) is 12.3 Å². The van der Waals surface area contributed by atoms with E-state index in [1.54, 1.807) is 0 Å². The van der Waals surface area contributed by atoms with Gasteiger partial charge in [0.2, 0.25) is 0 Å². The molecular weight excluding hydrogens is 269 g/mol. The highest BCUT2D eigenvalue weighted by molar-refractivity contribution is 9.10. The first-order valence-electron chi connectivity index (χ1n) is 5.30. The summed E-state index contributed by atoms with van der Waals surface area (Å²) in [6.45, 7) is 2.96. The summed E-state index contributed by atoms with van der Waals surface area (Å²) in [5.74, 6) is 2.37. The minimum atomic E-state index is -0.246. The molecule has 1 aromatic carbocycles. The van der Waals surface area contributed by atoms with Gasteiger partial charge in [0.25, 0.3) is 0 Å². The molecule has 1 aromatic rings. The van der Waals surface area contributed by atoms with Crippen LogP contribution in [0.15, 0.2) is 22.7 Å². The maximum absolute atomic E-state index is 13.2. The third-order valence-electron chi connectivity index (χ3n) is 2.25. The van der Waals surface area contributed by atoms with Gasteiger partial charge in [0.1, 0.15) is 5.82 Å². The Balaban J connectivity index is 2.87. The largest absolute Gasteiger partial charge is 0.309 e. The van der Waals surface area contributed by atoms with Crippen LogP contribution in [0.2, 0.25) is 0 Å². The Labute approximate surface area is 105 Å². The first-order chi connectivity index (χ1) is 7.67. The van der Waals surface area contributed by atoms with E-state index in [1.165, 1.54) is 12.1 Å². The molecule has 3 heteroatoms.